The lowest BCUT2D eigenvalue weighted by atomic mass is 10.2. The molecule has 2 aromatic carbocycles. The van der Waals surface area contributed by atoms with E-state index >= 15 is 0 Å². The first-order chi connectivity index (χ1) is 13.9. The fourth-order valence-corrected chi connectivity index (χ4v) is 3.25. The van der Waals surface area contributed by atoms with Gasteiger partial charge < -0.3 is 14.6 Å². The van der Waals surface area contributed by atoms with Gasteiger partial charge in [-0.3, -0.25) is 4.79 Å². The average molecular weight is 415 g/mol. The second-order valence-corrected chi connectivity index (χ2v) is 7.85. The number of nitrogens with one attached hydrogen (secondary N) is 1. The van der Waals surface area contributed by atoms with Crippen LogP contribution in [0.1, 0.15) is 13.8 Å². The molecule has 0 fully saturated rings. The summed E-state index contributed by atoms with van der Waals surface area (Å²) in [6, 6.07) is 13.7. The highest BCUT2D eigenvalue weighted by atomic mass is 32.2. The quantitative estimate of drug-likeness (QED) is 0.554. The third-order valence-electron chi connectivity index (χ3n) is 4.01. The number of carbonyl (C=O) groups excluding carboxylic acids is 1. The van der Waals surface area contributed by atoms with Crippen LogP contribution in [0.3, 0.4) is 0 Å². The first-order valence-corrected chi connectivity index (χ1v) is 10.2. The summed E-state index contributed by atoms with van der Waals surface area (Å²) < 4.78 is 21.1. The fourth-order valence-electron chi connectivity index (χ4n) is 2.53. The Bertz CT molecular complexity index is 973. The summed E-state index contributed by atoms with van der Waals surface area (Å²) in [5, 5.41) is 11.5. The Labute approximate surface area is 173 Å². The minimum Gasteiger partial charge on any atom is -0.493 e. The molecule has 0 aliphatic heterocycles. The predicted octanol–water partition coefficient (Wildman–Crippen LogP) is 4.39. The van der Waals surface area contributed by atoms with Crippen LogP contribution in [0.5, 0.6) is 5.75 Å². The average Bonchev–Trinajstić information content (AvgIpc) is 3.07. The molecule has 0 saturated carbocycles. The molecule has 1 aromatic heterocycles. The van der Waals surface area contributed by atoms with E-state index in [4.69, 9.17) is 4.74 Å². The number of rotatable bonds is 8. The van der Waals surface area contributed by atoms with E-state index in [0.717, 1.165) is 11.3 Å². The number of anilines is 1. The number of benzene rings is 2. The summed E-state index contributed by atoms with van der Waals surface area (Å²) >= 11 is 1.24. The van der Waals surface area contributed by atoms with Crippen LogP contribution in [-0.2, 0) is 11.8 Å². The zero-order valence-electron chi connectivity index (χ0n) is 16.6. The van der Waals surface area contributed by atoms with E-state index in [2.05, 4.69) is 29.4 Å². The van der Waals surface area contributed by atoms with Gasteiger partial charge in [0.2, 0.25) is 5.91 Å². The highest BCUT2D eigenvalue weighted by molar-refractivity contribution is 7.99. The normalized spacial score (nSPS) is 10.9. The van der Waals surface area contributed by atoms with Crippen LogP contribution < -0.4 is 10.1 Å². The van der Waals surface area contributed by atoms with Crippen molar-refractivity contribution in [3.63, 3.8) is 0 Å². The van der Waals surface area contributed by atoms with Gasteiger partial charge in [0.05, 0.1) is 18.0 Å². The lowest BCUT2D eigenvalue weighted by molar-refractivity contribution is -0.113. The molecule has 0 aliphatic rings. The van der Waals surface area contributed by atoms with Gasteiger partial charge in [-0.2, -0.15) is 0 Å². The first kappa shape index (κ1) is 20.9. The Morgan fingerprint density at radius 2 is 1.90 bits per heavy atom. The van der Waals surface area contributed by atoms with E-state index < -0.39 is 5.82 Å². The number of hydrogen-bond donors (Lipinski definition) is 1. The summed E-state index contributed by atoms with van der Waals surface area (Å²) in [6.45, 7) is 4.87. The second-order valence-electron chi connectivity index (χ2n) is 6.91. The van der Waals surface area contributed by atoms with Crippen molar-refractivity contribution in [3.8, 4) is 17.1 Å². The number of halogens is 1. The third kappa shape index (κ3) is 5.57. The monoisotopic (exact) mass is 414 g/mol. The van der Waals surface area contributed by atoms with E-state index in [1.807, 2.05) is 35.9 Å². The number of amides is 1. The zero-order chi connectivity index (χ0) is 20.8. The summed E-state index contributed by atoms with van der Waals surface area (Å²) in [7, 11) is 1.84. The van der Waals surface area contributed by atoms with Gasteiger partial charge in [-0.1, -0.05) is 37.7 Å². The highest BCUT2D eigenvalue weighted by Crippen LogP contribution is 2.25. The lowest BCUT2D eigenvalue weighted by Crippen LogP contribution is -2.15. The van der Waals surface area contributed by atoms with Crippen LogP contribution in [-0.4, -0.2) is 33.0 Å². The highest BCUT2D eigenvalue weighted by Gasteiger charge is 2.14. The Morgan fingerprint density at radius 1 is 1.17 bits per heavy atom. The summed E-state index contributed by atoms with van der Waals surface area (Å²) in [6.07, 6.45) is 0. The maximum Gasteiger partial charge on any atom is 0.234 e. The van der Waals surface area contributed by atoms with Gasteiger partial charge in [0, 0.05) is 12.6 Å². The van der Waals surface area contributed by atoms with Crippen LogP contribution in [0, 0.1) is 11.7 Å². The molecule has 152 valence electrons. The van der Waals surface area contributed by atoms with Crippen molar-refractivity contribution in [3.05, 3.63) is 54.3 Å². The van der Waals surface area contributed by atoms with Gasteiger partial charge in [-0.05, 0) is 42.3 Å². The molecular formula is C21H23FN4O2S. The Morgan fingerprint density at radius 3 is 2.59 bits per heavy atom. The number of aromatic nitrogens is 3. The molecule has 0 spiro atoms. The van der Waals surface area contributed by atoms with Crippen molar-refractivity contribution in [2.75, 3.05) is 17.7 Å². The smallest absolute Gasteiger partial charge is 0.234 e. The lowest BCUT2D eigenvalue weighted by Gasteiger charge is -2.09. The molecule has 0 radical (unpaired) electrons. The van der Waals surface area contributed by atoms with E-state index in [0.29, 0.717) is 23.5 Å². The van der Waals surface area contributed by atoms with Gasteiger partial charge in [-0.15, -0.1) is 10.2 Å². The molecule has 0 saturated heterocycles. The number of carbonyl (C=O) groups is 1. The molecule has 29 heavy (non-hydrogen) atoms. The van der Waals surface area contributed by atoms with Crippen molar-refractivity contribution < 1.29 is 13.9 Å². The molecule has 3 rings (SSSR count). The van der Waals surface area contributed by atoms with E-state index in [-0.39, 0.29) is 17.3 Å². The number of ether oxygens (including phenoxy) is 1. The van der Waals surface area contributed by atoms with Crippen LogP contribution in [0.25, 0.3) is 11.4 Å². The molecule has 6 nitrogen and oxygen atoms in total. The molecule has 1 N–H and O–H groups in total. The summed E-state index contributed by atoms with van der Waals surface area (Å²) in [5.74, 6) is 1.29. The molecule has 0 aliphatic carbocycles. The summed E-state index contributed by atoms with van der Waals surface area (Å²) in [4.78, 5) is 12.1. The molecule has 1 heterocycles. The number of nitrogens with zero attached hydrogens (tertiary/aromatic N) is 3. The van der Waals surface area contributed by atoms with Gasteiger partial charge in [0.15, 0.2) is 11.0 Å². The molecule has 0 unspecified atom stereocenters. The molecule has 8 heteroatoms. The maximum absolute atomic E-state index is 13.6. The van der Waals surface area contributed by atoms with Crippen LogP contribution >= 0.6 is 11.8 Å². The van der Waals surface area contributed by atoms with Crippen molar-refractivity contribution >= 4 is 23.4 Å². The minimum atomic E-state index is -0.465. The van der Waals surface area contributed by atoms with E-state index in [1.165, 1.54) is 23.9 Å². The number of thioether (sulfide) groups is 1. The Balaban J connectivity index is 1.60. The van der Waals surface area contributed by atoms with Crippen molar-refractivity contribution in [2.24, 2.45) is 13.0 Å². The number of hydrogen-bond acceptors (Lipinski definition) is 5. The SMILES string of the molecule is CC(C)COc1ccc(-c2nnc(SCC(=O)Nc3ccccc3F)n2C)cc1. The van der Waals surface area contributed by atoms with Crippen LogP contribution in [0.15, 0.2) is 53.7 Å². The predicted molar refractivity (Wildman–Crippen MR) is 113 cm³/mol. The summed E-state index contributed by atoms with van der Waals surface area (Å²) in [5.41, 5.74) is 1.07. The maximum atomic E-state index is 13.6. The van der Waals surface area contributed by atoms with Gasteiger partial charge >= 0.3 is 0 Å². The van der Waals surface area contributed by atoms with E-state index in [1.54, 1.807) is 12.1 Å². The molecule has 0 atom stereocenters. The van der Waals surface area contributed by atoms with Crippen molar-refractivity contribution in [1.82, 2.24) is 14.8 Å². The third-order valence-corrected chi connectivity index (χ3v) is 5.03. The molecule has 1 amide bonds. The van der Waals surface area contributed by atoms with Crippen molar-refractivity contribution in [1.29, 1.82) is 0 Å². The number of para-hydroxylation sites is 1. The van der Waals surface area contributed by atoms with Gasteiger partial charge in [0.25, 0.3) is 0 Å². The zero-order valence-corrected chi connectivity index (χ0v) is 17.4. The first-order valence-electron chi connectivity index (χ1n) is 9.24. The largest absolute Gasteiger partial charge is 0.493 e. The fraction of sp³-hybridized carbons (Fsp3) is 0.286. The minimum absolute atomic E-state index is 0.0995. The Hall–Kier alpha value is -2.87. The standard InChI is InChI=1S/C21H23FN4O2S/c1-14(2)12-28-16-10-8-15(9-11-16)20-24-25-21(26(20)3)29-13-19(27)23-18-7-5-4-6-17(18)22/h4-11,14H,12-13H2,1-3H3,(H,23,27). The van der Waals surface area contributed by atoms with Crippen LogP contribution in [0.2, 0.25) is 0 Å². The van der Waals surface area contributed by atoms with Crippen LogP contribution in [0.4, 0.5) is 10.1 Å². The van der Waals surface area contributed by atoms with Gasteiger partial charge in [-0.25, -0.2) is 4.39 Å². The molecule has 0 bridgehead atoms. The van der Waals surface area contributed by atoms with Gasteiger partial charge in [0.1, 0.15) is 11.6 Å². The van der Waals surface area contributed by atoms with Crippen molar-refractivity contribution in [2.45, 2.75) is 19.0 Å². The van der Waals surface area contributed by atoms with E-state index in [9.17, 15) is 9.18 Å². The topological polar surface area (TPSA) is 69.0 Å². The Kier molecular flexibility index (Phi) is 6.87. The second kappa shape index (κ2) is 9.56. The molecule has 3 aromatic rings. The molecular weight excluding hydrogens is 391 g/mol.